The molecule has 0 aromatic carbocycles. The molecule has 0 rings (SSSR count). The van der Waals surface area contributed by atoms with Crippen LogP contribution in [0.5, 0.6) is 0 Å². The van der Waals surface area contributed by atoms with Crippen molar-refractivity contribution >= 4 is 5.97 Å². The highest BCUT2D eigenvalue weighted by molar-refractivity contribution is 5.69. The van der Waals surface area contributed by atoms with Crippen molar-refractivity contribution in [2.24, 2.45) is 0 Å². The SMILES string of the molecule is CCOC(=O)CCNCC(O)CN(C)C. The Balaban J connectivity index is 3.34. The van der Waals surface area contributed by atoms with E-state index in [9.17, 15) is 9.90 Å². The molecule has 0 aromatic heterocycles. The van der Waals surface area contributed by atoms with Gasteiger partial charge < -0.3 is 20.1 Å². The summed E-state index contributed by atoms with van der Waals surface area (Å²) in [6.45, 7) is 3.86. The quantitative estimate of drug-likeness (QED) is 0.423. The van der Waals surface area contributed by atoms with E-state index in [1.807, 2.05) is 19.0 Å². The van der Waals surface area contributed by atoms with Crippen molar-refractivity contribution in [3.05, 3.63) is 0 Å². The van der Waals surface area contributed by atoms with Crippen LogP contribution in [0.15, 0.2) is 0 Å². The van der Waals surface area contributed by atoms with E-state index in [0.717, 1.165) is 0 Å². The first-order valence-electron chi connectivity index (χ1n) is 5.25. The molecule has 5 heteroatoms. The fraction of sp³-hybridized carbons (Fsp3) is 0.900. The molecule has 1 unspecified atom stereocenters. The van der Waals surface area contributed by atoms with Crippen LogP contribution in [0.25, 0.3) is 0 Å². The normalized spacial score (nSPS) is 12.9. The van der Waals surface area contributed by atoms with Gasteiger partial charge in [0, 0.05) is 19.6 Å². The third kappa shape index (κ3) is 9.65. The molecule has 0 fully saturated rings. The van der Waals surface area contributed by atoms with Crippen LogP contribution in [0.4, 0.5) is 0 Å². The average molecular weight is 218 g/mol. The number of aliphatic hydroxyl groups is 1. The zero-order valence-corrected chi connectivity index (χ0v) is 9.82. The Morgan fingerprint density at radius 3 is 2.73 bits per heavy atom. The summed E-state index contributed by atoms with van der Waals surface area (Å²) in [7, 11) is 3.81. The number of nitrogens with one attached hydrogen (secondary N) is 1. The maximum Gasteiger partial charge on any atom is 0.307 e. The molecule has 0 aliphatic carbocycles. The topological polar surface area (TPSA) is 61.8 Å². The fourth-order valence-electron chi connectivity index (χ4n) is 1.18. The zero-order valence-electron chi connectivity index (χ0n) is 9.82. The second kappa shape index (κ2) is 8.64. The van der Waals surface area contributed by atoms with Crippen LogP contribution in [-0.4, -0.2) is 62.4 Å². The highest BCUT2D eigenvalue weighted by Crippen LogP contribution is 1.87. The number of aliphatic hydroxyl groups excluding tert-OH is 1. The zero-order chi connectivity index (χ0) is 11.7. The summed E-state index contributed by atoms with van der Waals surface area (Å²) in [5.41, 5.74) is 0. The average Bonchev–Trinajstić information content (AvgIpc) is 2.12. The van der Waals surface area contributed by atoms with Crippen molar-refractivity contribution in [3.8, 4) is 0 Å². The van der Waals surface area contributed by atoms with E-state index in [0.29, 0.717) is 32.7 Å². The van der Waals surface area contributed by atoms with Crippen LogP contribution in [-0.2, 0) is 9.53 Å². The molecule has 1 atom stereocenters. The molecule has 0 aliphatic rings. The molecular formula is C10H22N2O3. The Morgan fingerprint density at radius 1 is 1.53 bits per heavy atom. The van der Waals surface area contributed by atoms with Crippen LogP contribution in [0, 0.1) is 0 Å². The summed E-state index contributed by atoms with van der Waals surface area (Å²) in [6, 6.07) is 0. The highest BCUT2D eigenvalue weighted by Gasteiger charge is 2.05. The lowest BCUT2D eigenvalue weighted by molar-refractivity contribution is -0.143. The third-order valence-electron chi connectivity index (χ3n) is 1.77. The van der Waals surface area contributed by atoms with Gasteiger partial charge in [-0.15, -0.1) is 0 Å². The second-order valence-electron chi connectivity index (χ2n) is 3.68. The molecule has 0 spiro atoms. The van der Waals surface area contributed by atoms with Gasteiger partial charge in [0.1, 0.15) is 0 Å². The van der Waals surface area contributed by atoms with Gasteiger partial charge in [0.2, 0.25) is 0 Å². The number of rotatable bonds is 8. The number of hydrogen-bond acceptors (Lipinski definition) is 5. The lowest BCUT2D eigenvalue weighted by Gasteiger charge is -2.16. The minimum atomic E-state index is -0.401. The molecule has 0 radical (unpaired) electrons. The largest absolute Gasteiger partial charge is 0.466 e. The van der Waals surface area contributed by atoms with E-state index in [1.54, 1.807) is 6.92 Å². The number of carbonyl (C=O) groups excluding carboxylic acids is 1. The number of hydrogen-bond donors (Lipinski definition) is 2. The minimum absolute atomic E-state index is 0.202. The van der Waals surface area contributed by atoms with Gasteiger partial charge in [-0.2, -0.15) is 0 Å². The standard InChI is InChI=1S/C10H22N2O3/c1-4-15-10(14)5-6-11-7-9(13)8-12(2)3/h9,11,13H,4-8H2,1-3H3. The first-order valence-corrected chi connectivity index (χ1v) is 5.25. The predicted octanol–water partition coefficient (Wildman–Crippen LogP) is -0.548. The summed E-state index contributed by atoms with van der Waals surface area (Å²) in [5.74, 6) is -0.202. The summed E-state index contributed by atoms with van der Waals surface area (Å²) >= 11 is 0. The molecule has 0 aliphatic heterocycles. The smallest absolute Gasteiger partial charge is 0.307 e. The van der Waals surface area contributed by atoms with Crippen LogP contribution in [0.3, 0.4) is 0 Å². The van der Waals surface area contributed by atoms with Gasteiger partial charge in [0.05, 0.1) is 19.1 Å². The van der Waals surface area contributed by atoms with Gasteiger partial charge in [0.25, 0.3) is 0 Å². The summed E-state index contributed by atoms with van der Waals surface area (Å²) in [5, 5.41) is 12.5. The monoisotopic (exact) mass is 218 g/mol. The van der Waals surface area contributed by atoms with E-state index in [2.05, 4.69) is 5.32 Å². The minimum Gasteiger partial charge on any atom is -0.466 e. The Hall–Kier alpha value is -0.650. The van der Waals surface area contributed by atoms with Gasteiger partial charge in [-0.1, -0.05) is 0 Å². The van der Waals surface area contributed by atoms with E-state index >= 15 is 0 Å². The molecule has 15 heavy (non-hydrogen) atoms. The van der Waals surface area contributed by atoms with Crippen LogP contribution >= 0.6 is 0 Å². The van der Waals surface area contributed by atoms with Crippen molar-refractivity contribution in [2.45, 2.75) is 19.4 Å². The van der Waals surface area contributed by atoms with Crippen LogP contribution in [0.1, 0.15) is 13.3 Å². The van der Waals surface area contributed by atoms with Gasteiger partial charge in [-0.05, 0) is 21.0 Å². The molecule has 2 N–H and O–H groups in total. The Bertz CT molecular complexity index is 174. The third-order valence-corrected chi connectivity index (χ3v) is 1.77. The van der Waals surface area contributed by atoms with E-state index in [-0.39, 0.29) is 5.97 Å². The number of esters is 1. The van der Waals surface area contributed by atoms with Crippen molar-refractivity contribution in [2.75, 3.05) is 40.3 Å². The molecular weight excluding hydrogens is 196 g/mol. The second-order valence-corrected chi connectivity index (χ2v) is 3.68. The molecule has 90 valence electrons. The lowest BCUT2D eigenvalue weighted by atomic mass is 10.3. The molecule has 0 aromatic rings. The molecule has 5 nitrogen and oxygen atoms in total. The summed E-state index contributed by atoms with van der Waals surface area (Å²) < 4.78 is 4.76. The molecule has 0 saturated carbocycles. The Morgan fingerprint density at radius 2 is 2.20 bits per heavy atom. The van der Waals surface area contributed by atoms with E-state index in [1.165, 1.54) is 0 Å². The maximum absolute atomic E-state index is 10.9. The summed E-state index contributed by atoms with van der Waals surface area (Å²) in [4.78, 5) is 12.8. The van der Waals surface area contributed by atoms with Crippen LogP contribution in [0.2, 0.25) is 0 Å². The predicted molar refractivity (Wildman–Crippen MR) is 58.7 cm³/mol. The van der Waals surface area contributed by atoms with Gasteiger partial charge in [0.15, 0.2) is 0 Å². The van der Waals surface area contributed by atoms with E-state index < -0.39 is 6.10 Å². The number of nitrogens with zero attached hydrogens (tertiary/aromatic N) is 1. The van der Waals surface area contributed by atoms with Crippen molar-refractivity contribution < 1.29 is 14.6 Å². The first-order chi connectivity index (χ1) is 7.06. The number of likely N-dealkylation sites (N-methyl/N-ethyl adjacent to an activating group) is 1. The summed E-state index contributed by atoms with van der Waals surface area (Å²) in [6.07, 6.45) is -0.0510. The molecule has 0 saturated heterocycles. The molecule has 0 heterocycles. The lowest BCUT2D eigenvalue weighted by Crippen LogP contribution is -2.35. The number of ether oxygens (including phenoxy) is 1. The number of carbonyl (C=O) groups is 1. The van der Waals surface area contributed by atoms with Gasteiger partial charge >= 0.3 is 5.97 Å². The fourth-order valence-corrected chi connectivity index (χ4v) is 1.18. The van der Waals surface area contributed by atoms with Crippen molar-refractivity contribution in [1.82, 2.24) is 10.2 Å². The molecule has 0 bridgehead atoms. The first kappa shape index (κ1) is 14.3. The van der Waals surface area contributed by atoms with Crippen LogP contribution < -0.4 is 5.32 Å². The van der Waals surface area contributed by atoms with Gasteiger partial charge in [-0.3, -0.25) is 4.79 Å². The van der Waals surface area contributed by atoms with Gasteiger partial charge in [-0.25, -0.2) is 0 Å². The molecule has 0 amide bonds. The Labute approximate surface area is 91.4 Å². The highest BCUT2D eigenvalue weighted by atomic mass is 16.5. The maximum atomic E-state index is 10.9. The van der Waals surface area contributed by atoms with Crippen molar-refractivity contribution in [3.63, 3.8) is 0 Å². The van der Waals surface area contributed by atoms with Crippen molar-refractivity contribution in [1.29, 1.82) is 0 Å². The Kier molecular flexibility index (Phi) is 8.27. The van der Waals surface area contributed by atoms with E-state index in [4.69, 9.17) is 4.74 Å².